The SMILES string of the molecule is CCOC(=O)CCc1cnc(N2CCN(CC(O)(c3cn(Cc4ccccc4)c4cc([N+](=O)[O-])ccc34)C(F)(F)F)CC2)nc1. The first-order chi connectivity index (χ1) is 21.5. The Labute approximate surface area is 257 Å². The monoisotopic (exact) mass is 626 g/mol. The van der Waals surface area contributed by atoms with Crippen molar-refractivity contribution in [2.75, 3.05) is 44.2 Å². The van der Waals surface area contributed by atoms with E-state index in [0.29, 0.717) is 32.1 Å². The normalized spacial score (nSPS) is 15.6. The average molecular weight is 627 g/mol. The van der Waals surface area contributed by atoms with Crippen molar-refractivity contribution in [3.63, 3.8) is 0 Å². The van der Waals surface area contributed by atoms with Gasteiger partial charge < -0.3 is 19.3 Å². The molecule has 45 heavy (non-hydrogen) atoms. The number of hydrogen-bond donors (Lipinski definition) is 1. The van der Waals surface area contributed by atoms with Crippen LogP contribution in [-0.2, 0) is 28.1 Å². The summed E-state index contributed by atoms with van der Waals surface area (Å²) in [4.78, 5) is 34.6. The van der Waals surface area contributed by atoms with Crippen molar-refractivity contribution >= 4 is 28.5 Å². The number of non-ortho nitro benzene ring substituents is 1. The molecule has 0 saturated carbocycles. The highest BCUT2D eigenvalue weighted by atomic mass is 19.4. The molecule has 3 heterocycles. The summed E-state index contributed by atoms with van der Waals surface area (Å²) in [5.74, 6) is 0.116. The van der Waals surface area contributed by atoms with Crippen LogP contribution in [0.5, 0.6) is 0 Å². The standard InChI is InChI=1S/C31H33F3N6O5/c1-2-45-28(41)11-8-23-17-35-29(36-18-23)38-14-12-37(13-15-38)21-30(42,31(32,33)34)26-20-39(19-22-6-4-3-5-7-22)27-16-24(40(43)44)9-10-25(26)27/h3-7,9-10,16-18,20,42H,2,8,11-15,19,21H2,1H3. The van der Waals surface area contributed by atoms with Crippen LogP contribution >= 0.6 is 0 Å². The molecule has 1 unspecified atom stereocenters. The fourth-order valence-corrected chi connectivity index (χ4v) is 5.51. The van der Waals surface area contributed by atoms with Gasteiger partial charge in [-0.2, -0.15) is 13.2 Å². The van der Waals surface area contributed by atoms with Crippen LogP contribution in [0.15, 0.2) is 67.1 Å². The van der Waals surface area contributed by atoms with E-state index in [-0.39, 0.29) is 54.2 Å². The molecule has 0 bridgehead atoms. The number of aromatic nitrogens is 3. The van der Waals surface area contributed by atoms with Gasteiger partial charge in [-0.3, -0.25) is 19.8 Å². The maximum Gasteiger partial charge on any atom is 0.422 e. The molecule has 238 valence electrons. The Balaban J connectivity index is 1.35. The molecule has 0 aliphatic carbocycles. The van der Waals surface area contributed by atoms with Crippen molar-refractivity contribution in [3.05, 3.63) is 93.9 Å². The Kier molecular flexibility index (Phi) is 9.34. The molecule has 0 amide bonds. The maximum atomic E-state index is 14.8. The van der Waals surface area contributed by atoms with Crippen LogP contribution in [0.1, 0.15) is 30.0 Å². The van der Waals surface area contributed by atoms with E-state index in [2.05, 4.69) is 9.97 Å². The van der Waals surface area contributed by atoms with Crippen molar-refractivity contribution in [3.8, 4) is 0 Å². The van der Waals surface area contributed by atoms with Gasteiger partial charge in [-0.25, -0.2) is 9.97 Å². The number of hydrogen-bond acceptors (Lipinski definition) is 9. The number of esters is 1. The average Bonchev–Trinajstić information content (AvgIpc) is 3.38. The molecule has 1 N–H and O–H groups in total. The zero-order valence-electron chi connectivity index (χ0n) is 24.6. The number of carbonyl (C=O) groups is 1. The molecule has 1 atom stereocenters. The molecule has 2 aromatic carbocycles. The lowest BCUT2D eigenvalue weighted by molar-refractivity contribution is -0.384. The summed E-state index contributed by atoms with van der Waals surface area (Å²) in [6.45, 7) is 2.56. The van der Waals surface area contributed by atoms with Crippen LogP contribution in [0, 0.1) is 10.1 Å². The highest BCUT2D eigenvalue weighted by Crippen LogP contribution is 2.44. The minimum atomic E-state index is -5.04. The van der Waals surface area contributed by atoms with Gasteiger partial charge in [0.1, 0.15) is 0 Å². The molecule has 1 saturated heterocycles. The minimum Gasteiger partial charge on any atom is -0.466 e. The Morgan fingerprint density at radius 1 is 1.04 bits per heavy atom. The number of piperazine rings is 1. The topological polar surface area (TPSA) is 127 Å². The van der Waals surface area contributed by atoms with Gasteiger partial charge >= 0.3 is 12.1 Å². The summed E-state index contributed by atoms with van der Waals surface area (Å²) in [6, 6.07) is 12.7. The van der Waals surface area contributed by atoms with Crippen LogP contribution in [0.25, 0.3) is 10.9 Å². The number of nitrogens with zero attached hydrogens (tertiary/aromatic N) is 6. The minimum absolute atomic E-state index is 0.0893. The van der Waals surface area contributed by atoms with Gasteiger partial charge in [0.25, 0.3) is 5.69 Å². The third-order valence-corrected chi connectivity index (χ3v) is 7.91. The highest BCUT2D eigenvalue weighted by Gasteiger charge is 2.57. The van der Waals surface area contributed by atoms with E-state index in [0.717, 1.165) is 17.2 Å². The van der Waals surface area contributed by atoms with Crippen molar-refractivity contribution < 1.29 is 32.7 Å². The molecule has 11 nitrogen and oxygen atoms in total. The van der Waals surface area contributed by atoms with Crippen molar-refractivity contribution in [2.24, 2.45) is 0 Å². The molecule has 0 spiro atoms. The number of nitro groups is 1. The summed E-state index contributed by atoms with van der Waals surface area (Å²) < 4.78 is 50.8. The van der Waals surface area contributed by atoms with E-state index in [9.17, 15) is 33.2 Å². The van der Waals surface area contributed by atoms with Crippen LogP contribution in [-0.4, -0.2) is 80.9 Å². The van der Waals surface area contributed by atoms with E-state index < -0.39 is 23.2 Å². The first-order valence-corrected chi connectivity index (χ1v) is 14.5. The summed E-state index contributed by atoms with van der Waals surface area (Å²) in [5, 5.41) is 23.1. The van der Waals surface area contributed by atoms with E-state index in [1.54, 1.807) is 48.5 Å². The fraction of sp³-hybridized carbons (Fsp3) is 0.387. The van der Waals surface area contributed by atoms with E-state index in [1.807, 2.05) is 11.0 Å². The highest BCUT2D eigenvalue weighted by molar-refractivity contribution is 5.87. The number of aliphatic hydroxyl groups is 1. The first kappa shape index (κ1) is 31.9. The third kappa shape index (κ3) is 7.07. The van der Waals surface area contributed by atoms with E-state index >= 15 is 0 Å². The molecular weight excluding hydrogens is 593 g/mol. The molecule has 1 aliphatic rings. The van der Waals surface area contributed by atoms with Crippen molar-refractivity contribution in [2.45, 2.75) is 38.1 Å². The van der Waals surface area contributed by atoms with Crippen LogP contribution in [0.3, 0.4) is 0 Å². The molecule has 0 radical (unpaired) electrons. The van der Waals surface area contributed by atoms with Crippen LogP contribution in [0.2, 0.25) is 0 Å². The number of alkyl halides is 3. The number of anilines is 1. The van der Waals surface area contributed by atoms with Gasteiger partial charge in [-0.05, 0) is 30.5 Å². The lowest BCUT2D eigenvalue weighted by Crippen LogP contribution is -2.56. The first-order valence-electron chi connectivity index (χ1n) is 14.5. The van der Waals surface area contributed by atoms with Gasteiger partial charge in [0.2, 0.25) is 11.5 Å². The summed E-state index contributed by atoms with van der Waals surface area (Å²) in [5.41, 5.74) is -2.10. The lowest BCUT2D eigenvalue weighted by Gasteiger charge is -2.40. The van der Waals surface area contributed by atoms with Crippen LogP contribution in [0.4, 0.5) is 24.8 Å². The smallest absolute Gasteiger partial charge is 0.422 e. The Bertz CT molecular complexity index is 1640. The summed E-state index contributed by atoms with van der Waals surface area (Å²) in [6.07, 6.45) is 0.0810. The van der Waals surface area contributed by atoms with Crippen molar-refractivity contribution in [1.82, 2.24) is 19.4 Å². The molecule has 2 aromatic heterocycles. The fourth-order valence-electron chi connectivity index (χ4n) is 5.51. The number of halogens is 3. The Morgan fingerprint density at radius 3 is 2.36 bits per heavy atom. The second-order valence-electron chi connectivity index (χ2n) is 10.9. The third-order valence-electron chi connectivity index (χ3n) is 7.91. The molecule has 1 aliphatic heterocycles. The van der Waals surface area contributed by atoms with E-state index in [4.69, 9.17) is 4.74 Å². The number of nitro benzene ring substituents is 1. The number of fused-ring (bicyclic) bond motifs is 1. The zero-order chi connectivity index (χ0) is 32.2. The number of carbonyl (C=O) groups excluding carboxylic acids is 1. The Hall–Kier alpha value is -4.56. The van der Waals surface area contributed by atoms with Crippen molar-refractivity contribution in [1.29, 1.82) is 0 Å². The quantitative estimate of drug-likeness (QED) is 0.146. The van der Waals surface area contributed by atoms with Gasteiger partial charge in [-0.1, -0.05) is 30.3 Å². The summed E-state index contributed by atoms with van der Waals surface area (Å²) in [7, 11) is 0. The Morgan fingerprint density at radius 2 is 1.73 bits per heavy atom. The molecule has 14 heteroatoms. The number of rotatable bonds is 11. The van der Waals surface area contributed by atoms with Gasteiger partial charge in [0.05, 0.1) is 17.0 Å². The molecular formula is C31H33F3N6O5. The predicted octanol–water partition coefficient (Wildman–Crippen LogP) is 4.46. The zero-order valence-corrected chi connectivity index (χ0v) is 24.6. The maximum absolute atomic E-state index is 14.8. The largest absolute Gasteiger partial charge is 0.466 e. The summed E-state index contributed by atoms with van der Waals surface area (Å²) >= 11 is 0. The van der Waals surface area contributed by atoms with Gasteiger partial charge in [-0.15, -0.1) is 0 Å². The number of aryl methyl sites for hydroxylation is 1. The molecule has 5 rings (SSSR count). The number of ether oxygens (including phenoxy) is 1. The number of β-amino-alcohol motifs (C(OH)–C–C–N with tert-alkyl or cyclic N) is 1. The number of benzene rings is 2. The van der Waals surface area contributed by atoms with Gasteiger partial charge in [0.15, 0.2) is 0 Å². The van der Waals surface area contributed by atoms with Gasteiger partial charge in [0, 0.05) is 87.4 Å². The lowest BCUT2D eigenvalue weighted by atomic mass is 9.91. The predicted molar refractivity (Wildman–Crippen MR) is 160 cm³/mol. The van der Waals surface area contributed by atoms with Crippen LogP contribution < -0.4 is 4.90 Å². The second-order valence-corrected chi connectivity index (χ2v) is 10.9. The van der Waals surface area contributed by atoms with E-state index in [1.165, 1.54) is 22.9 Å². The molecule has 1 fully saturated rings. The second kappa shape index (κ2) is 13.2. The molecule has 4 aromatic rings.